The van der Waals surface area contributed by atoms with Crippen LogP contribution in [0.5, 0.6) is 0 Å². The molecule has 0 unspecified atom stereocenters. The number of hydrogen-bond donors (Lipinski definition) is 0. The maximum Gasteiger partial charge on any atom is 0.0110 e. The van der Waals surface area contributed by atoms with Gasteiger partial charge in [0, 0.05) is 32.7 Å². The molecule has 2 nitrogen and oxygen atoms in total. The number of nitrogens with zero attached hydrogens (tertiary/aromatic N) is 2. The summed E-state index contributed by atoms with van der Waals surface area (Å²) < 4.78 is 0. The Kier molecular flexibility index (Phi) is 9.12. The van der Waals surface area contributed by atoms with E-state index in [2.05, 4.69) is 16.8 Å². The van der Waals surface area contributed by atoms with Gasteiger partial charge in [0.25, 0.3) is 0 Å². The third kappa shape index (κ3) is 6.91. The molecule has 0 atom stereocenters. The fourth-order valence-corrected chi connectivity index (χ4v) is 1.70. The van der Waals surface area contributed by atoms with Gasteiger partial charge in [0.1, 0.15) is 0 Å². The van der Waals surface area contributed by atoms with Crippen LogP contribution < -0.4 is 0 Å². The van der Waals surface area contributed by atoms with Crippen molar-refractivity contribution in [1.82, 2.24) is 9.80 Å². The highest BCUT2D eigenvalue weighted by Gasteiger charge is 2.25. The van der Waals surface area contributed by atoms with Gasteiger partial charge in [0.15, 0.2) is 0 Å². The lowest BCUT2D eigenvalue weighted by Gasteiger charge is -2.32. The Morgan fingerprint density at radius 1 is 0.867 bits per heavy atom. The predicted molar refractivity (Wildman–Crippen MR) is 69.4 cm³/mol. The first-order chi connectivity index (χ1) is 7.34. The van der Waals surface area contributed by atoms with Crippen LogP contribution in [-0.2, 0) is 0 Å². The van der Waals surface area contributed by atoms with E-state index in [1.54, 1.807) is 0 Å². The minimum Gasteiger partial charge on any atom is -0.304 e. The summed E-state index contributed by atoms with van der Waals surface area (Å²) in [5, 5.41) is 0. The molecule has 0 spiro atoms. The van der Waals surface area contributed by atoms with Crippen molar-refractivity contribution in [3.63, 3.8) is 0 Å². The summed E-state index contributed by atoms with van der Waals surface area (Å²) in [6.45, 7) is 14.5. The quantitative estimate of drug-likeness (QED) is 0.697. The highest BCUT2D eigenvalue weighted by atomic mass is 15.2. The number of rotatable bonds is 2. The third-order valence-corrected chi connectivity index (χ3v) is 2.81. The summed E-state index contributed by atoms with van der Waals surface area (Å²) in [5.74, 6) is 1.07. The number of likely N-dealkylation sites (N-methyl/N-ethyl adjacent to an activating group) is 1. The maximum absolute atomic E-state index is 2.62. The van der Waals surface area contributed by atoms with Crippen LogP contribution in [0.4, 0.5) is 0 Å². The Hall–Kier alpha value is -0.0800. The molecular formula is C13H30N2. The summed E-state index contributed by atoms with van der Waals surface area (Å²) in [6.07, 6.45) is 2.98. The van der Waals surface area contributed by atoms with Crippen LogP contribution in [0.3, 0.4) is 0 Å². The molecule has 0 amide bonds. The van der Waals surface area contributed by atoms with Crippen molar-refractivity contribution in [3.05, 3.63) is 0 Å². The van der Waals surface area contributed by atoms with E-state index in [4.69, 9.17) is 0 Å². The molecule has 0 aromatic rings. The minimum atomic E-state index is 1.07. The molecular weight excluding hydrogens is 184 g/mol. The van der Waals surface area contributed by atoms with Crippen LogP contribution in [0, 0.1) is 5.92 Å². The lowest BCUT2D eigenvalue weighted by Crippen LogP contribution is -2.45. The molecule has 2 aliphatic rings. The van der Waals surface area contributed by atoms with Gasteiger partial charge in [-0.05, 0) is 25.8 Å². The van der Waals surface area contributed by atoms with Gasteiger partial charge in [0.05, 0.1) is 0 Å². The lowest BCUT2D eigenvalue weighted by molar-refractivity contribution is 0.149. The second-order valence-corrected chi connectivity index (χ2v) is 4.05. The SMILES string of the molecule is CC.CC.CN1CCN(CC2CC2)CC1. The van der Waals surface area contributed by atoms with Gasteiger partial charge < -0.3 is 9.80 Å². The second-order valence-electron chi connectivity index (χ2n) is 4.05. The van der Waals surface area contributed by atoms with E-state index in [1.807, 2.05) is 27.7 Å². The van der Waals surface area contributed by atoms with Crippen LogP contribution >= 0.6 is 0 Å². The third-order valence-electron chi connectivity index (χ3n) is 2.81. The topological polar surface area (TPSA) is 6.48 Å². The molecule has 2 rings (SSSR count). The van der Waals surface area contributed by atoms with Gasteiger partial charge in [-0.2, -0.15) is 0 Å². The van der Waals surface area contributed by atoms with E-state index in [-0.39, 0.29) is 0 Å². The van der Waals surface area contributed by atoms with E-state index in [0.29, 0.717) is 0 Å². The molecule has 15 heavy (non-hydrogen) atoms. The molecule has 1 heterocycles. The van der Waals surface area contributed by atoms with Gasteiger partial charge >= 0.3 is 0 Å². The van der Waals surface area contributed by atoms with Gasteiger partial charge in [-0.15, -0.1) is 0 Å². The monoisotopic (exact) mass is 214 g/mol. The zero-order valence-electron chi connectivity index (χ0n) is 11.4. The van der Waals surface area contributed by atoms with Crippen molar-refractivity contribution in [2.45, 2.75) is 40.5 Å². The molecule has 0 bridgehead atoms. The van der Waals surface area contributed by atoms with Crippen molar-refractivity contribution in [1.29, 1.82) is 0 Å². The molecule has 1 aliphatic heterocycles. The minimum absolute atomic E-state index is 1.07. The maximum atomic E-state index is 2.62. The normalized spacial score (nSPS) is 22.2. The molecule has 1 saturated heterocycles. The smallest absolute Gasteiger partial charge is 0.0110 e. The van der Waals surface area contributed by atoms with Crippen LogP contribution in [0.25, 0.3) is 0 Å². The van der Waals surface area contributed by atoms with E-state index in [1.165, 1.54) is 45.6 Å². The van der Waals surface area contributed by atoms with Crippen LogP contribution in [0.15, 0.2) is 0 Å². The van der Waals surface area contributed by atoms with Gasteiger partial charge in [-0.3, -0.25) is 0 Å². The summed E-state index contributed by atoms with van der Waals surface area (Å²) >= 11 is 0. The van der Waals surface area contributed by atoms with E-state index in [9.17, 15) is 0 Å². The Morgan fingerprint density at radius 2 is 1.33 bits per heavy atom. The number of hydrogen-bond acceptors (Lipinski definition) is 2. The van der Waals surface area contributed by atoms with Crippen molar-refractivity contribution in [3.8, 4) is 0 Å². The highest BCUT2D eigenvalue weighted by Crippen LogP contribution is 2.29. The molecule has 0 aromatic carbocycles. The molecule has 1 saturated carbocycles. The zero-order valence-corrected chi connectivity index (χ0v) is 11.4. The fraction of sp³-hybridized carbons (Fsp3) is 1.00. The number of piperazine rings is 1. The fourth-order valence-electron chi connectivity index (χ4n) is 1.70. The highest BCUT2D eigenvalue weighted by molar-refractivity contribution is 4.79. The van der Waals surface area contributed by atoms with Gasteiger partial charge in [0.2, 0.25) is 0 Å². The lowest BCUT2D eigenvalue weighted by atomic mass is 10.3. The van der Waals surface area contributed by atoms with Crippen molar-refractivity contribution in [2.75, 3.05) is 39.8 Å². The first-order valence-corrected chi connectivity index (χ1v) is 6.75. The summed E-state index contributed by atoms with van der Waals surface area (Å²) in [4.78, 5) is 5.04. The summed E-state index contributed by atoms with van der Waals surface area (Å²) in [6, 6.07) is 0. The molecule has 0 aromatic heterocycles. The first kappa shape index (κ1) is 14.9. The molecule has 2 heteroatoms. The summed E-state index contributed by atoms with van der Waals surface area (Å²) in [7, 11) is 2.22. The van der Waals surface area contributed by atoms with Crippen molar-refractivity contribution in [2.24, 2.45) is 5.92 Å². The molecule has 0 N–H and O–H groups in total. The van der Waals surface area contributed by atoms with Gasteiger partial charge in [-0.1, -0.05) is 27.7 Å². The van der Waals surface area contributed by atoms with Crippen molar-refractivity contribution < 1.29 is 0 Å². The Balaban J connectivity index is 0.000000442. The Morgan fingerprint density at radius 3 is 1.73 bits per heavy atom. The Labute approximate surface area is 96.6 Å². The molecule has 1 aliphatic carbocycles. The predicted octanol–water partition coefficient (Wildman–Crippen LogP) is 2.70. The molecule has 92 valence electrons. The van der Waals surface area contributed by atoms with E-state index in [0.717, 1.165) is 5.92 Å². The van der Waals surface area contributed by atoms with E-state index >= 15 is 0 Å². The molecule has 2 fully saturated rings. The van der Waals surface area contributed by atoms with Crippen LogP contribution in [0.2, 0.25) is 0 Å². The van der Waals surface area contributed by atoms with E-state index < -0.39 is 0 Å². The summed E-state index contributed by atoms with van der Waals surface area (Å²) in [5.41, 5.74) is 0. The van der Waals surface area contributed by atoms with Crippen LogP contribution in [0.1, 0.15) is 40.5 Å². The first-order valence-electron chi connectivity index (χ1n) is 6.75. The standard InChI is InChI=1S/C9H18N2.2C2H6/c1-10-4-6-11(7-5-10)8-9-2-3-9;2*1-2/h9H,2-8H2,1H3;2*1-2H3. The second kappa shape index (κ2) is 9.17. The zero-order chi connectivity index (χ0) is 11.7. The van der Waals surface area contributed by atoms with Gasteiger partial charge in [-0.25, -0.2) is 0 Å². The van der Waals surface area contributed by atoms with Crippen molar-refractivity contribution >= 4 is 0 Å². The average molecular weight is 214 g/mol. The average Bonchev–Trinajstić information content (AvgIpc) is 3.11. The van der Waals surface area contributed by atoms with Crippen LogP contribution in [-0.4, -0.2) is 49.6 Å². The Bertz CT molecular complexity index is 124. The molecule has 0 radical (unpaired) electrons. The largest absolute Gasteiger partial charge is 0.304 e.